The van der Waals surface area contributed by atoms with Crippen molar-refractivity contribution in [2.45, 2.75) is 21.6 Å². The van der Waals surface area contributed by atoms with Crippen LogP contribution in [0.25, 0.3) is 197 Å². The Hall–Kier alpha value is -14.2. The minimum absolute atomic E-state index is 0.442. The Kier molecular flexibility index (Phi) is 16.4. The van der Waals surface area contributed by atoms with Crippen LogP contribution in [0.3, 0.4) is 0 Å². The molecule has 0 saturated heterocycles. The molecule has 0 radical (unpaired) electrons. The second-order valence-electron chi connectivity index (χ2n) is 29.6. The summed E-state index contributed by atoms with van der Waals surface area (Å²) in [5.41, 5.74) is 17.7. The zero-order chi connectivity index (χ0) is 75.1. The SMILES string of the molecule is CC(=O)OS(c1c(-c2cccc3ccccc23)cc(-c2cccc3ccccc23)cc1-c1cccc2ccccc12)(c1c(-c2cccc3ccccc23)cc(-c2cccc3ccccc23)cc1-c1cccc2ccccc12)c1c(-c2cccc3ccccc23)cc(-c2cccc3ccccc23)cc1-c1cccc2ccccc12. The molecule has 21 aromatic carbocycles. The van der Waals surface area contributed by atoms with Gasteiger partial charge in [-0.05, 0) is 244 Å². The van der Waals surface area contributed by atoms with Crippen LogP contribution in [0.2, 0.25) is 0 Å². The van der Waals surface area contributed by atoms with Gasteiger partial charge in [-0.25, -0.2) is 0 Å². The third kappa shape index (κ3) is 11.3. The van der Waals surface area contributed by atoms with Gasteiger partial charge in [-0.1, -0.05) is 382 Å². The van der Waals surface area contributed by atoms with E-state index in [9.17, 15) is 0 Å². The average molecular weight is 1460 g/mol. The highest BCUT2D eigenvalue weighted by Gasteiger charge is 2.48. The molecule has 0 spiro atoms. The van der Waals surface area contributed by atoms with Crippen LogP contribution in [0.1, 0.15) is 6.92 Å². The molecule has 113 heavy (non-hydrogen) atoms. The van der Waals surface area contributed by atoms with Gasteiger partial charge < -0.3 is 4.18 Å². The van der Waals surface area contributed by atoms with Crippen molar-refractivity contribution in [2.24, 2.45) is 0 Å². The standard InChI is InChI=1S/C110H72O2S/c1-71(111)112-113(108-102(96-59-23-41-75-32-5-14-50-87(75)96)65-81(93-56-20-38-72-29-2-11-47-84(72)93)66-103(108)97-60-24-42-76-33-6-15-51-88(76)97,109-104(98-61-25-43-77-34-7-16-52-89(77)98)67-82(94-57-21-39-73-30-3-12-48-85(73)94)68-105(109)99-62-26-44-78-35-8-17-53-90(78)99)110-106(100-63-27-45-79-36-9-18-54-91(79)100)69-83(95-58-22-40-74-31-4-13-49-86(74)95)70-107(110)101-64-28-46-80-37-10-19-55-92(80)101/h2-70H,1H3. The van der Waals surface area contributed by atoms with Gasteiger partial charge in [-0.3, -0.25) is 4.79 Å². The molecule has 21 rings (SSSR count). The van der Waals surface area contributed by atoms with Gasteiger partial charge in [0.15, 0.2) is 0 Å². The molecule has 0 bridgehead atoms. The zero-order valence-electron chi connectivity index (χ0n) is 62.1. The lowest BCUT2D eigenvalue weighted by Gasteiger charge is -2.47. The lowest BCUT2D eigenvalue weighted by atomic mass is 9.88. The molecule has 0 aliphatic carbocycles. The molecule has 0 heterocycles. The van der Waals surface area contributed by atoms with Crippen LogP contribution in [-0.4, -0.2) is 5.97 Å². The fraction of sp³-hybridized carbons (Fsp3) is 0.00909. The van der Waals surface area contributed by atoms with E-state index in [1.807, 2.05) is 0 Å². The second-order valence-corrected chi connectivity index (χ2v) is 32.1. The molecule has 0 aromatic heterocycles. The molecule has 21 aromatic rings. The van der Waals surface area contributed by atoms with Gasteiger partial charge in [0.25, 0.3) is 0 Å². The summed E-state index contributed by atoms with van der Waals surface area (Å²) < 4.78 is 8.93. The van der Waals surface area contributed by atoms with E-state index in [0.717, 1.165) is 212 Å². The summed E-state index contributed by atoms with van der Waals surface area (Å²) in [6.07, 6.45) is 0. The molecule has 530 valence electrons. The fourth-order valence-corrected chi connectivity index (χ4v) is 22.4. The first-order valence-electron chi connectivity index (χ1n) is 38.8. The molecule has 0 aliphatic heterocycles. The fourth-order valence-electron chi connectivity index (χ4n) is 18.3. The molecule has 0 amide bonds. The van der Waals surface area contributed by atoms with Gasteiger partial charge >= 0.3 is 5.97 Å². The van der Waals surface area contributed by atoms with Gasteiger partial charge in [-0.2, -0.15) is 0 Å². The summed E-state index contributed by atoms with van der Waals surface area (Å²) in [6, 6.07) is 155. The minimum Gasteiger partial charge on any atom is -0.402 e. The quantitative estimate of drug-likeness (QED) is 0.115. The number of benzene rings is 21. The van der Waals surface area contributed by atoms with Crippen LogP contribution in [0, 0.1) is 0 Å². The molecular formula is C110H72O2S. The van der Waals surface area contributed by atoms with Crippen LogP contribution in [0.15, 0.2) is 433 Å². The Balaban J connectivity index is 1.11. The molecular weight excluding hydrogens is 1390 g/mol. The molecule has 0 atom stereocenters. The predicted octanol–water partition coefficient (Wildman–Crippen LogP) is 30.8. The predicted molar refractivity (Wildman–Crippen MR) is 480 cm³/mol. The number of hydrogen-bond donors (Lipinski definition) is 0. The van der Waals surface area contributed by atoms with E-state index < -0.39 is 16.3 Å². The Morgan fingerprint density at radius 2 is 0.319 bits per heavy atom. The number of carbonyl (C=O) groups is 1. The second kappa shape index (κ2) is 27.7. The van der Waals surface area contributed by atoms with Crippen molar-refractivity contribution in [2.75, 3.05) is 0 Å². The van der Waals surface area contributed by atoms with Crippen LogP contribution < -0.4 is 0 Å². The normalized spacial score (nSPS) is 11.9. The monoisotopic (exact) mass is 1460 g/mol. The lowest BCUT2D eigenvalue weighted by Crippen LogP contribution is -2.18. The van der Waals surface area contributed by atoms with Crippen LogP contribution in [0.4, 0.5) is 0 Å². The van der Waals surface area contributed by atoms with E-state index in [0.29, 0.717) is 0 Å². The molecule has 3 heteroatoms. The first-order valence-corrected chi connectivity index (χ1v) is 40.4. The van der Waals surface area contributed by atoms with Crippen molar-refractivity contribution in [3.63, 3.8) is 0 Å². The summed E-state index contributed by atoms with van der Waals surface area (Å²) in [5, 5.41) is 19.5. The van der Waals surface area contributed by atoms with E-state index in [4.69, 9.17) is 4.18 Å². The van der Waals surface area contributed by atoms with Gasteiger partial charge in [0.05, 0.1) is 0 Å². The molecule has 2 nitrogen and oxygen atoms in total. The highest BCUT2D eigenvalue weighted by molar-refractivity contribution is 8.30. The zero-order valence-corrected chi connectivity index (χ0v) is 62.9. The summed E-state index contributed by atoms with van der Waals surface area (Å²) >= 11 is 0. The first-order chi connectivity index (χ1) is 55.9. The maximum atomic E-state index is 17.2. The molecule has 0 saturated carbocycles. The van der Waals surface area contributed by atoms with Gasteiger partial charge in [-0.15, -0.1) is 0 Å². The van der Waals surface area contributed by atoms with E-state index in [2.05, 4.69) is 419 Å². The van der Waals surface area contributed by atoms with Gasteiger partial charge in [0.2, 0.25) is 0 Å². The van der Waals surface area contributed by atoms with Crippen molar-refractivity contribution in [3.8, 4) is 100 Å². The van der Waals surface area contributed by atoms with E-state index in [1.165, 1.54) is 0 Å². The highest BCUT2D eigenvalue weighted by atomic mass is 32.3. The first kappa shape index (κ1) is 66.9. The maximum absolute atomic E-state index is 17.2. The minimum atomic E-state index is -3.99. The third-order valence-corrected chi connectivity index (χ3v) is 26.7. The Labute approximate surface area is 657 Å². The lowest BCUT2D eigenvalue weighted by molar-refractivity contribution is -0.131. The number of carbonyl (C=O) groups excluding carboxylic acids is 1. The van der Waals surface area contributed by atoms with Crippen molar-refractivity contribution in [3.05, 3.63) is 419 Å². The van der Waals surface area contributed by atoms with Crippen molar-refractivity contribution < 1.29 is 8.98 Å². The van der Waals surface area contributed by atoms with E-state index >= 15 is 4.79 Å². The van der Waals surface area contributed by atoms with Gasteiger partial charge in [0.1, 0.15) is 0 Å². The smallest absolute Gasteiger partial charge is 0.313 e. The summed E-state index contributed by atoms with van der Waals surface area (Å²) in [5.74, 6) is -0.442. The van der Waals surface area contributed by atoms with E-state index in [-0.39, 0.29) is 0 Å². The summed E-state index contributed by atoms with van der Waals surface area (Å²) in [7, 11) is -3.99. The number of hydrogen-bond acceptors (Lipinski definition) is 2. The highest BCUT2D eigenvalue weighted by Crippen LogP contribution is 2.80. The maximum Gasteiger partial charge on any atom is 0.313 e. The number of fused-ring (bicyclic) bond motifs is 9. The summed E-state index contributed by atoms with van der Waals surface area (Å²) in [4.78, 5) is 19.8. The molecule has 0 fully saturated rings. The Morgan fingerprint density at radius 1 is 0.177 bits per heavy atom. The van der Waals surface area contributed by atoms with Crippen molar-refractivity contribution in [1.29, 1.82) is 0 Å². The van der Waals surface area contributed by atoms with E-state index in [1.54, 1.807) is 6.92 Å². The topological polar surface area (TPSA) is 26.3 Å². The van der Waals surface area contributed by atoms with Crippen LogP contribution in [0.5, 0.6) is 0 Å². The molecule has 0 unspecified atom stereocenters. The van der Waals surface area contributed by atoms with Crippen LogP contribution in [-0.2, 0) is 8.98 Å². The summed E-state index contributed by atoms with van der Waals surface area (Å²) in [6.45, 7) is 1.67. The Bertz CT molecular complexity index is 6430. The van der Waals surface area contributed by atoms with Crippen molar-refractivity contribution in [1.82, 2.24) is 0 Å². The number of rotatable bonds is 13. The average Bonchev–Trinajstić information content (AvgIpc) is 0.681. The van der Waals surface area contributed by atoms with Crippen LogP contribution >= 0.6 is 10.3 Å². The Morgan fingerprint density at radius 3 is 0.487 bits per heavy atom. The largest absolute Gasteiger partial charge is 0.402 e. The molecule has 0 N–H and O–H groups in total. The van der Waals surface area contributed by atoms with Crippen molar-refractivity contribution >= 4 is 113 Å². The van der Waals surface area contributed by atoms with Gasteiger partial charge in [0, 0.05) is 21.6 Å². The third-order valence-electron chi connectivity index (χ3n) is 23.2. The molecule has 0 aliphatic rings.